The van der Waals surface area contributed by atoms with Gasteiger partial charge >= 0.3 is 0 Å². The minimum atomic E-state index is 0.319. The Morgan fingerprint density at radius 2 is 2.40 bits per heavy atom. The number of hydrogen-bond donors (Lipinski definition) is 1. The number of nitrogens with one attached hydrogen (secondary N) is 1. The molecule has 1 aromatic rings. The lowest BCUT2D eigenvalue weighted by molar-refractivity contribution is 0.383. The normalized spacial score (nSPS) is 21.3. The first-order valence-electron chi connectivity index (χ1n) is 4.99. The van der Waals surface area contributed by atoms with Gasteiger partial charge in [-0.1, -0.05) is 0 Å². The van der Waals surface area contributed by atoms with Crippen LogP contribution in [0.25, 0.3) is 0 Å². The summed E-state index contributed by atoms with van der Waals surface area (Å²) < 4.78 is 5.28. The number of methoxy groups -OCH3 is 1. The van der Waals surface area contributed by atoms with Crippen LogP contribution < -0.4 is 10.1 Å². The quantitative estimate of drug-likeness (QED) is 0.818. The van der Waals surface area contributed by atoms with Crippen molar-refractivity contribution in [1.29, 1.82) is 0 Å². The topological polar surface area (TPSA) is 47.0 Å². The molecule has 1 N–H and O–H groups in total. The molecule has 2 heterocycles. The molecule has 5 heteroatoms. The van der Waals surface area contributed by atoms with Gasteiger partial charge in [0.15, 0.2) is 0 Å². The summed E-state index contributed by atoms with van der Waals surface area (Å²) in [5.74, 6) is 2.93. The third-order valence-corrected chi connectivity index (χ3v) is 3.57. The molecule has 0 aromatic carbocycles. The monoisotopic (exact) mass is 225 g/mol. The van der Waals surface area contributed by atoms with Crippen molar-refractivity contribution in [2.75, 3.05) is 25.2 Å². The lowest BCUT2D eigenvalue weighted by atomic mass is 10.1. The summed E-state index contributed by atoms with van der Waals surface area (Å²) in [6.07, 6.45) is 1.55. The molecule has 0 spiro atoms. The Hall–Kier alpha value is -0.810. The maximum absolute atomic E-state index is 5.28. The van der Waals surface area contributed by atoms with E-state index in [1.807, 2.05) is 18.7 Å². The third kappa shape index (κ3) is 2.23. The molecule has 1 fully saturated rings. The van der Waals surface area contributed by atoms with Gasteiger partial charge in [-0.15, -0.1) is 0 Å². The Labute approximate surface area is 93.8 Å². The second-order valence-corrected chi connectivity index (χ2v) is 4.61. The number of hydrogen-bond acceptors (Lipinski definition) is 5. The second kappa shape index (κ2) is 4.81. The average Bonchev–Trinajstić information content (AvgIpc) is 2.29. The highest BCUT2D eigenvalue weighted by atomic mass is 32.2. The van der Waals surface area contributed by atoms with Crippen LogP contribution in [0.15, 0.2) is 6.33 Å². The molecule has 1 unspecified atom stereocenters. The van der Waals surface area contributed by atoms with Gasteiger partial charge in [0, 0.05) is 29.8 Å². The zero-order chi connectivity index (χ0) is 10.7. The molecule has 15 heavy (non-hydrogen) atoms. The van der Waals surface area contributed by atoms with Gasteiger partial charge < -0.3 is 10.1 Å². The Bertz CT molecular complexity index is 339. The van der Waals surface area contributed by atoms with Gasteiger partial charge in [0.05, 0.1) is 12.7 Å². The first kappa shape index (κ1) is 10.7. The van der Waals surface area contributed by atoms with Gasteiger partial charge in [0.25, 0.3) is 0 Å². The number of nitrogens with zero attached hydrogens (tertiary/aromatic N) is 2. The summed E-state index contributed by atoms with van der Waals surface area (Å²) in [7, 11) is 1.65. The van der Waals surface area contributed by atoms with E-state index < -0.39 is 0 Å². The Kier molecular flexibility index (Phi) is 3.43. The molecular weight excluding hydrogens is 210 g/mol. The zero-order valence-electron chi connectivity index (χ0n) is 8.99. The summed E-state index contributed by atoms with van der Waals surface area (Å²) in [5.41, 5.74) is 2.11. The maximum atomic E-state index is 5.28. The highest BCUT2D eigenvalue weighted by Gasteiger charge is 2.22. The van der Waals surface area contributed by atoms with Gasteiger partial charge in [-0.2, -0.15) is 11.8 Å². The van der Waals surface area contributed by atoms with Crippen LogP contribution in [0.4, 0.5) is 0 Å². The fourth-order valence-corrected chi connectivity index (χ4v) is 2.73. The highest BCUT2D eigenvalue weighted by Crippen LogP contribution is 2.29. The molecule has 2 rings (SSSR count). The Morgan fingerprint density at radius 1 is 1.53 bits per heavy atom. The van der Waals surface area contributed by atoms with Crippen LogP contribution in [-0.2, 0) is 0 Å². The molecule has 0 aliphatic carbocycles. The van der Waals surface area contributed by atoms with E-state index in [1.165, 1.54) is 5.75 Å². The molecule has 0 radical (unpaired) electrons. The summed E-state index contributed by atoms with van der Waals surface area (Å²) in [4.78, 5) is 8.37. The predicted octanol–water partition coefficient (Wildman–Crippen LogP) is 1.17. The van der Waals surface area contributed by atoms with E-state index in [-0.39, 0.29) is 0 Å². The Balaban J connectivity index is 2.31. The number of rotatable bonds is 2. The van der Waals surface area contributed by atoms with Crippen LogP contribution in [0, 0.1) is 6.92 Å². The minimum absolute atomic E-state index is 0.319. The molecule has 1 aromatic heterocycles. The lowest BCUT2D eigenvalue weighted by Gasteiger charge is -2.25. The molecule has 1 saturated heterocycles. The molecule has 0 saturated carbocycles. The van der Waals surface area contributed by atoms with Crippen LogP contribution in [0.1, 0.15) is 17.3 Å². The van der Waals surface area contributed by atoms with E-state index in [0.29, 0.717) is 11.9 Å². The van der Waals surface area contributed by atoms with Crippen molar-refractivity contribution < 1.29 is 4.74 Å². The van der Waals surface area contributed by atoms with Gasteiger partial charge in [-0.25, -0.2) is 9.97 Å². The zero-order valence-corrected chi connectivity index (χ0v) is 9.80. The summed E-state index contributed by atoms with van der Waals surface area (Å²) in [5, 5.41) is 3.47. The number of aromatic nitrogens is 2. The molecule has 1 aliphatic rings. The third-order valence-electron chi connectivity index (χ3n) is 2.51. The maximum Gasteiger partial charge on any atom is 0.221 e. The van der Waals surface area contributed by atoms with Gasteiger partial charge in [-0.3, -0.25) is 0 Å². The minimum Gasteiger partial charge on any atom is -0.481 e. The van der Waals surface area contributed by atoms with Crippen molar-refractivity contribution in [3.05, 3.63) is 17.6 Å². The van der Waals surface area contributed by atoms with E-state index in [2.05, 4.69) is 15.3 Å². The fraction of sp³-hybridized carbons (Fsp3) is 0.600. The number of aryl methyl sites for hydroxylation is 1. The van der Waals surface area contributed by atoms with Crippen molar-refractivity contribution in [3.8, 4) is 5.88 Å². The van der Waals surface area contributed by atoms with E-state index >= 15 is 0 Å². The largest absolute Gasteiger partial charge is 0.481 e. The van der Waals surface area contributed by atoms with Gasteiger partial charge in [0.2, 0.25) is 5.88 Å². The SMILES string of the molecule is COc1ncnc(C)c1C1CSCCN1. The molecule has 0 amide bonds. The van der Waals surface area contributed by atoms with Crippen LogP contribution in [-0.4, -0.2) is 35.1 Å². The number of thioether (sulfide) groups is 1. The van der Waals surface area contributed by atoms with Gasteiger partial charge in [-0.05, 0) is 6.92 Å². The van der Waals surface area contributed by atoms with Crippen molar-refractivity contribution in [2.24, 2.45) is 0 Å². The molecule has 1 aliphatic heterocycles. The van der Waals surface area contributed by atoms with E-state index in [0.717, 1.165) is 23.6 Å². The van der Waals surface area contributed by atoms with Crippen molar-refractivity contribution in [2.45, 2.75) is 13.0 Å². The average molecular weight is 225 g/mol. The Morgan fingerprint density at radius 3 is 3.07 bits per heavy atom. The number of ether oxygens (including phenoxy) is 1. The second-order valence-electron chi connectivity index (χ2n) is 3.46. The first-order chi connectivity index (χ1) is 7.33. The van der Waals surface area contributed by atoms with Gasteiger partial charge in [0.1, 0.15) is 6.33 Å². The summed E-state index contributed by atoms with van der Waals surface area (Å²) >= 11 is 1.95. The summed E-state index contributed by atoms with van der Waals surface area (Å²) in [6, 6.07) is 0.319. The summed E-state index contributed by atoms with van der Waals surface area (Å²) in [6.45, 7) is 3.04. The van der Waals surface area contributed by atoms with Crippen molar-refractivity contribution in [3.63, 3.8) is 0 Å². The predicted molar refractivity (Wildman–Crippen MR) is 61.4 cm³/mol. The van der Waals surface area contributed by atoms with Crippen LogP contribution in [0.2, 0.25) is 0 Å². The van der Waals surface area contributed by atoms with Crippen LogP contribution in [0.5, 0.6) is 5.88 Å². The first-order valence-corrected chi connectivity index (χ1v) is 6.15. The van der Waals surface area contributed by atoms with Crippen molar-refractivity contribution in [1.82, 2.24) is 15.3 Å². The molecule has 0 bridgehead atoms. The molecular formula is C10H15N3OS. The van der Waals surface area contributed by atoms with Crippen LogP contribution >= 0.6 is 11.8 Å². The van der Waals surface area contributed by atoms with Crippen LogP contribution in [0.3, 0.4) is 0 Å². The lowest BCUT2D eigenvalue weighted by Crippen LogP contribution is -2.31. The smallest absolute Gasteiger partial charge is 0.221 e. The highest BCUT2D eigenvalue weighted by molar-refractivity contribution is 7.99. The van der Waals surface area contributed by atoms with E-state index in [9.17, 15) is 0 Å². The van der Waals surface area contributed by atoms with E-state index in [4.69, 9.17) is 4.74 Å². The molecule has 4 nitrogen and oxygen atoms in total. The molecule has 82 valence electrons. The van der Waals surface area contributed by atoms with E-state index in [1.54, 1.807) is 13.4 Å². The van der Waals surface area contributed by atoms with Crippen molar-refractivity contribution >= 4 is 11.8 Å². The molecule has 1 atom stereocenters. The fourth-order valence-electron chi connectivity index (χ4n) is 1.78. The standard InChI is InChI=1S/C10H15N3OS/c1-7-9(8-5-15-4-3-11-8)10(14-2)13-6-12-7/h6,8,11H,3-5H2,1-2H3.